The maximum atomic E-state index is 13.8. The van der Waals surface area contributed by atoms with Gasteiger partial charge in [-0.1, -0.05) is 11.8 Å². The maximum absolute atomic E-state index is 13.8. The lowest BCUT2D eigenvalue weighted by Crippen LogP contribution is -2.41. The van der Waals surface area contributed by atoms with Gasteiger partial charge in [-0.15, -0.1) is 0 Å². The third kappa shape index (κ3) is 6.70. The van der Waals surface area contributed by atoms with Crippen molar-refractivity contribution in [2.24, 2.45) is 5.41 Å². The number of carboxylic acids is 1. The molecule has 3 aromatic rings. The summed E-state index contributed by atoms with van der Waals surface area (Å²) in [5, 5.41) is 21.7. The number of halogens is 3. The van der Waals surface area contributed by atoms with Crippen LogP contribution < -0.4 is 4.74 Å². The number of likely N-dealkylation sites (tertiary alicyclic amines) is 1. The van der Waals surface area contributed by atoms with E-state index in [0.717, 1.165) is 28.1 Å². The Morgan fingerprint density at radius 1 is 1.21 bits per heavy atom. The maximum Gasteiger partial charge on any atom is 0.303 e. The van der Waals surface area contributed by atoms with Crippen molar-refractivity contribution in [3.63, 3.8) is 0 Å². The Bertz CT molecular complexity index is 1430. The molecular weight excluding hydrogens is 509 g/mol. The number of carbonyl (C=O) groups is 1. The van der Waals surface area contributed by atoms with Crippen LogP contribution in [0.25, 0.3) is 10.9 Å². The van der Waals surface area contributed by atoms with Crippen LogP contribution in [-0.4, -0.2) is 52.8 Å². The van der Waals surface area contributed by atoms with Gasteiger partial charge in [-0.2, -0.15) is 0 Å². The minimum Gasteiger partial charge on any atom is -0.497 e. The summed E-state index contributed by atoms with van der Waals surface area (Å²) in [6, 6.07) is 6.83. The minimum absolute atomic E-state index is 0.0169. The number of pyridine rings is 1. The highest BCUT2D eigenvalue weighted by atomic mass is 19.2. The number of aliphatic hydroxyl groups is 1. The standard InChI is InChI=1S/C30H31F3N2O4/c1-19-18-34-25-6-5-22(39-2)16-23(25)28(19)26(36)7-8-30(17-27(37)38)9-12-35(13-10-30)11-3-4-20-14-21(31)15-24(32)29(20)33/h5-6,14-16,18,26,36H,7-13,17H2,1-2H3,(H,37,38)/t26-/m1/s1. The van der Waals surface area contributed by atoms with Gasteiger partial charge < -0.3 is 14.9 Å². The van der Waals surface area contributed by atoms with E-state index in [1.54, 1.807) is 13.3 Å². The molecule has 1 aromatic heterocycles. The number of aliphatic carboxylic acids is 1. The third-order valence-electron chi connectivity index (χ3n) is 7.56. The second-order valence-electron chi connectivity index (χ2n) is 10.2. The molecule has 0 aliphatic carbocycles. The van der Waals surface area contributed by atoms with Gasteiger partial charge >= 0.3 is 5.97 Å². The predicted octanol–water partition coefficient (Wildman–Crippen LogP) is 5.39. The zero-order valence-corrected chi connectivity index (χ0v) is 21.9. The molecule has 0 unspecified atom stereocenters. The number of piperidine rings is 1. The van der Waals surface area contributed by atoms with E-state index in [1.165, 1.54) is 0 Å². The summed E-state index contributed by atoms with van der Waals surface area (Å²) in [5.41, 5.74) is 1.51. The van der Waals surface area contributed by atoms with Crippen molar-refractivity contribution in [2.75, 3.05) is 26.7 Å². The van der Waals surface area contributed by atoms with Gasteiger partial charge in [-0.3, -0.25) is 14.7 Å². The summed E-state index contributed by atoms with van der Waals surface area (Å²) in [6.45, 7) is 3.27. The first kappa shape index (κ1) is 28.4. The van der Waals surface area contributed by atoms with E-state index < -0.39 is 34.9 Å². The van der Waals surface area contributed by atoms with Crippen LogP contribution in [0.4, 0.5) is 13.2 Å². The van der Waals surface area contributed by atoms with Crippen molar-refractivity contribution in [3.05, 3.63) is 70.7 Å². The summed E-state index contributed by atoms with van der Waals surface area (Å²) >= 11 is 0. The number of hydrogen-bond donors (Lipinski definition) is 2. The van der Waals surface area contributed by atoms with E-state index >= 15 is 0 Å². The largest absolute Gasteiger partial charge is 0.497 e. The lowest BCUT2D eigenvalue weighted by atomic mass is 9.71. The average molecular weight is 541 g/mol. The number of rotatable bonds is 8. The molecule has 2 aromatic carbocycles. The highest BCUT2D eigenvalue weighted by Crippen LogP contribution is 2.42. The number of aromatic nitrogens is 1. The molecule has 0 bridgehead atoms. The number of hydrogen-bond acceptors (Lipinski definition) is 5. The molecule has 6 nitrogen and oxygen atoms in total. The van der Waals surface area contributed by atoms with Gasteiger partial charge in [0.05, 0.1) is 37.3 Å². The topological polar surface area (TPSA) is 82.9 Å². The Hall–Kier alpha value is -3.61. The van der Waals surface area contributed by atoms with Gasteiger partial charge in [-0.05, 0) is 86.5 Å². The van der Waals surface area contributed by atoms with Crippen LogP contribution in [0.5, 0.6) is 5.75 Å². The first-order valence-corrected chi connectivity index (χ1v) is 12.8. The lowest BCUT2D eigenvalue weighted by Gasteiger charge is -2.41. The monoisotopic (exact) mass is 540 g/mol. The first-order chi connectivity index (χ1) is 18.6. The molecule has 1 fully saturated rings. The fourth-order valence-electron chi connectivity index (χ4n) is 5.36. The number of fused-ring (bicyclic) bond motifs is 1. The van der Waals surface area contributed by atoms with Crippen LogP contribution >= 0.6 is 0 Å². The SMILES string of the molecule is COc1ccc2ncc(C)c([C@H](O)CCC3(CC(=O)O)CCN(CC#Cc4cc(F)cc(F)c4F)CC3)c2c1. The Morgan fingerprint density at radius 2 is 1.95 bits per heavy atom. The molecule has 0 spiro atoms. The van der Waals surface area contributed by atoms with E-state index in [9.17, 15) is 28.2 Å². The number of benzene rings is 2. The number of aliphatic hydroxyl groups excluding tert-OH is 1. The molecular formula is C30H31F3N2O4. The van der Waals surface area contributed by atoms with Crippen LogP contribution in [0, 0.1) is 41.6 Å². The van der Waals surface area contributed by atoms with E-state index in [1.807, 2.05) is 30.0 Å². The molecule has 2 N–H and O–H groups in total. The van der Waals surface area contributed by atoms with Gasteiger partial charge in [0.15, 0.2) is 11.6 Å². The molecule has 9 heteroatoms. The van der Waals surface area contributed by atoms with Crippen molar-refractivity contribution in [3.8, 4) is 17.6 Å². The molecule has 1 atom stereocenters. The lowest BCUT2D eigenvalue weighted by molar-refractivity contribution is -0.141. The molecule has 39 heavy (non-hydrogen) atoms. The molecule has 1 aliphatic heterocycles. The molecule has 0 saturated carbocycles. The van der Waals surface area contributed by atoms with Gasteiger partial charge in [0.1, 0.15) is 11.6 Å². The van der Waals surface area contributed by atoms with E-state index in [0.29, 0.717) is 50.6 Å². The van der Waals surface area contributed by atoms with Crippen LogP contribution in [0.2, 0.25) is 0 Å². The number of ether oxygens (including phenoxy) is 1. The first-order valence-electron chi connectivity index (χ1n) is 12.8. The number of carboxylic acid groups (broad SMARTS) is 1. The summed E-state index contributed by atoms with van der Waals surface area (Å²) in [6.07, 6.45) is 2.97. The van der Waals surface area contributed by atoms with Gasteiger partial charge in [0.2, 0.25) is 0 Å². The van der Waals surface area contributed by atoms with Crippen LogP contribution in [0.1, 0.15) is 54.9 Å². The molecule has 206 valence electrons. The van der Waals surface area contributed by atoms with Crippen molar-refractivity contribution in [2.45, 2.75) is 45.1 Å². The Morgan fingerprint density at radius 3 is 2.64 bits per heavy atom. The average Bonchev–Trinajstić information content (AvgIpc) is 2.90. The van der Waals surface area contributed by atoms with Crippen LogP contribution in [0.15, 0.2) is 36.5 Å². The molecule has 2 heterocycles. The molecule has 4 rings (SSSR count). The smallest absolute Gasteiger partial charge is 0.303 e. The summed E-state index contributed by atoms with van der Waals surface area (Å²) in [4.78, 5) is 18.2. The number of nitrogens with zero attached hydrogens (tertiary/aromatic N) is 2. The van der Waals surface area contributed by atoms with E-state index in [-0.39, 0.29) is 18.5 Å². The number of aryl methyl sites for hydroxylation is 1. The summed E-state index contributed by atoms with van der Waals surface area (Å²) in [5.74, 6) is 1.66. The Balaban J connectivity index is 1.44. The minimum atomic E-state index is -1.29. The highest BCUT2D eigenvalue weighted by molar-refractivity contribution is 5.84. The molecule has 0 amide bonds. The zero-order valence-electron chi connectivity index (χ0n) is 21.9. The van der Waals surface area contributed by atoms with Gasteiger partial charge in [-0.25, -0.2) is 13.2 Å². The number of methoxy groups -OCH3 is 1. The Kier molecular flexibility index (Phi) is 8.78. The second-order valence-corrected chi connectivity index (χ2v) is 10.2. The normalized spacial score (nSPS) is 15.9. The molecule has 1 aliphatic rings. The predicted molar refractivity (Wildman–Crippen MR) is 141 cm³/mol. The summed E-state index contributed by atoms with van der Waals surface area (Å²) < 4.78 is 46.0. The Labute approximate surface area is 225 Å². The van der Waals surface area contributed by atoms with Crippen LogP contribution in [-0.2, 0) is 4.79 Å². The zero-order chi connectivity index (χ0) is 28.2. The fourth-order valence-corrected chi connectivity index (χ4v) is 5.36. The highest BCUT2D eigenvalue weighted by Gasteiger charge is 2.37. The molecule has 0 radical (unpaired) electrons. The van der Waals surface area contributed by atoms with Gasteiger partial charge in [0.25, 0.3) is 0 Å². The van der Waals surface area contributed by atoms with E-state index in [4.69, 9.17) is 4.74 Å². The molecule has 1 saturated heterocycles. The van der Waals surface area contributed by atoms with Crippen molar-refractivity contribution >= 4 is 16.9 Å². The van der Waals surface area contributed by atoms with Crippen molar-refractivity contribution in [1.29, 1.82) is 0 Å². The van der Waals surface area contributed by atoms with Crippen molar-refractivity contribution in [1.82, 2.24) is 9.88 Å². The van der Waals surface area contributed by atoms with Gasteiger partial charge in [0, 0.05) is 17.6 Å². The quantitative estimate of drug-likeness (QED) is 0.295. The van der Waals surface area contributed by atoms with Crippen LogP contribution in [0.3, 0.4) is 0 Å². The summed E-state index contributed by atoms with van der Waals surface area (Å²) in [7, 11) is 1.58. The second kappa shape index (κ2) is 12.1. The van der Waals surface area contributed by atoms with Crippen molar-refractivity contribution < 1.29 is 32.9 Å². The third-order valence-corrected chi connectivity index (χ3v) is 7.56. The fraction of sp³-hybridized carbons (Fsp3) is 0.400. The van der Waals surface area contributed by atoms with E-state index in [2.05, 4.69) is 16.8 Å².